The van der Waals surface area contributed by atoms with E-state index in [0.717, 1.165) is 24.2 Å². The molecule has 1 saturated carbocycles. The number of hydrogen-bond donors (Lipinski definition) is 1. The van der Waals surface area contributed by atoms with E-state index in [1.54, 1.807) is 18.2 Å². The third-order valence-corrected chi connectivity index (χ3v) is 3.87. The van der Waals surface area contributed by atoms with E-state index in [9.17, 15) is 9.90 Å². The summed E-state index contributed by atoms with van der Waals surface area (Å²) in [5, 5.41) is 9.56. The van der Waals surface area contributed by atoms with Gasteiger partial charge in [0, 0.05) is 11.0 Å². The molecule has 1 aliphatic heterocycles. The standard InChI is InChI=1S/C13H14O4/c1-16-12(15)10-7-13(10)4-5-17-11-3-2-8(14)6-9(11)13/h2-3,6,10,14H,4-5,7H2,1H3. The van der Waals surface area contributed by atoms with Crippen molar-refractivity contribution in [3.63, 3.8) is 0 Å². The number of methoxy groups -OCH3 is 1. The van der Waals surface area contributed by atoms with Gasteiger partial charge in [0.15, 0.2) is 0 Å². The van der Waals surface area contributed by atoms with E-state index in [1.807, 2.05) is 0 Å². The number of carbonyl (C=O) groups excluding carboxylic acids is 1. The Morgan fingerprint density at radius 2 is 2.41 bits per heavy atom. The molecule has 0 bridgehead atoms. The SMILES string of the molecule is COC(=O)C1CC12CCOc1ccc(O)cc12. The topological polar surface area (TPSA) is 55.8 Å². The predicted octanol–water partition coefficient (Wildman–Crippen LogP) is 1.61. The Morgan fingerprint density at radius 3 is 3.18 bits per heavy atom. The summed E-state index contributed by atoms with van der Waals surface area (Å²) in [5.41, 5.74) is 0.776. The lowest BCUT2D eigenvalue weighted by Crippen LogP contribution is -2.24. The smallest absolute Gasteiger partial charge is 0.309 e. The lowest BCUT2D eigenvalue weighted by Gasteiger charge is -2.26. The molecule has 1 aromatic rings. The van der Waals surface area contributed by atoms with Crippen molar-refractivity contribution in [3.8, 4) is 11.5 Å². The van der Waals surface area contributed by atoms with Gasteiger partial charge in [-0.05, 0) is 31.0 Å². The monoisotopic (exact) mass is 234 g/mol. The normalized spacial score (nSPS) is 29.4. The molecule has 1 heterocycles. The Bertz CT molecular complexity index is 482. The first-order valence-corrected chi connectivity index (χ1v) is 5.71. The zero-order valence-corrected chi connectivity index (χ0v) is 9.60. The van der Waals surface area contributed by atoms with Crippen molar-refractivity contribution < 1.29 is 19.4 Å². The molecule has 0 amide bonds. The quantitative estimate of drug-likeness (QED) is 0.750. The highest BCUT2D eigenvalue weighted by molar-refractivity contribution is 5.80. The molecule has 1 aliphatic carbocycles. The first-order valence-electron chi connectivity index (χ1n) is 5.71. The van der Waals surface area contributed by atoms with Gasteiger partial charge < -0.3 is 14.6 Å². The van der Waals surface area contributed by atoms with Crippen molar-refractivity contribution in [2.75, 3.05) is 13.7 Å². The van der Waals surface area contributed by atoms with Gasteiger partial charge >= 0.3 is 5.97 Å². The molecule has 17 heavy (non-hydrogen) atoms. The van der Waals surface area contributed by atoms with Crippen LogP contribution in [-0.2, 0) is 14.9 Å². The lowest BCUT2D eigenvalue weighted by molar-refractivity contribution is -0.142. The van der Waals surface area contributed by atoms with Crippen LogP contribution >= 0.6 is 0 Å². The number of fused-ring (bicyclic) bond motifs is 2. The van der Waals surface area contributed by atoms with Gasteiger partial charge in [0.2, 0.25) is 0 Å². The van der Waals surface area contributed by atoms with Crippen LogP contribution in [0.25, 0.3) is 0 Å². The summed E-state index contributed by atoms with van der Waals surface area (Å²) in [6.07, 6.45) is 1.60. The predicted molar refractivity (Wildman–Crippen MR) is 60.0 cm³/mol. The van der Waals surface area contributed by atoms with Crippen LogP contribution in [0.5, 0.6) is 11.5 Å². The van der Waals surface area contributed by atoms with Crippen molar-refractivity contribution in [1.82, 2.24) is 0 Å². The summed E-state index contributed by atoms with van der Waals surface area (Å²) >= 11 is 0. The first-order chi connectivity index (χ1) is 8.17. The number of esters is 1. The van der Waals surface area contributed by atoms with Gasteiger partial charge in [-0.15, -0.1) is 0 Å². The Labute approximate surface area is 99.2 Å². The Balaban J connectivity index is 2.01. The van der Waals surface area contributed by atoms with Crippen LogP contribution in [-0.4, -0.2) is 24.8 Å². The van der Waals surface area contributed by atoms with Crippen LogP contribution in [0.1, 0.15) is 18.4 Å². The fourth-order valence-corrected chi connectivity index (χ4v) is 2.84. The number of aromatic hydroxyl groups is 1. The molecule has 90 valence electrons. The minimum absolute atomic E-state index is 0.0862. The van der Waals surface area contributed by atoms with Gasteiger partial charge in [-0.3, -0.25) is 4.79 Å². The molecule has 4 nitrogen and oxygen atoms in total. The number of phenols is 1. The molecule has 4 heteroatoms. The van der Waals surface area contributed by atoms with E-state index in [2.05, 4.69) is 0 Å². The Kier molecular flexibility index (Phi) is 2.08. The van der Waals surface area contributed by atoms with Crippen molar-refractivity contribution in [2.45, 2.75) is 18.3 Å². The van der Waals surface area contributed by atoms with Crippen LogP contribution in [0.15, 0.2) is 18.2 Å². The summed E-state index contributed by atoms with van der Waals surface area (Å²) in [7, 11) is 1.41. The maximum Gasteiger partial charge on any atom is 0.309 e. The highest BCUT2D eigenvalue weighted by atomic mass is 16.5. The minimum Gasteiger partial charge on any atom is -0.508 e. The Morgan fingerprint density at radius 1 is 1.59 bits per heavy atom. The number of phenolic OH excluding ortho intramolecular Hbond substituents is 1. The second kappa shape index (κ2) is 3.39. The second-order valence-electron chi connectivity index (χ2n) is 4.71. The van der Waals surface area contributed by atoms with Gasteiger partial charge in [-0.1, -0.05) is 0 Å². The molecule has 0 saturated heterocycles. The maximum atomic E-state index is 11.6. The van der Waals surface area contributed by atoms with E-state index in [0.29, 0.717) is 6.61 Å². The van der Waals surface area contributed by atoms with Crippen molar-refractivity contribution in [1.29, 1.82) is 0 Å². The Hall–Kier alpha value is -1.71. The largest absolute Gasteiger partial charge is 0.508 e. The fourth-order valence-electron chi connectivity index (χ4n) is 2.84. The summed E-state index contributed by atoms with van der Waals surface area (Å²) < 4.78 is 10.4. The molecular weight excluding hydrogens is 220 g/mol. The summed E-state index contributed by atoms with van der Waals surface area (Å²) in [5.74, 6) is 0.739. The highest BCUT2D eigenvalue weighted by Crippen LogP contribution is 2.61. The molecule has 1 fully saturated rings. The molecule has 1 aromatic carbocycles. The van der Waals surface area contributed by atoms with Gasteiger partial charge in [0.25, 0.3) is 0 Å². The van der Waals surface area contributed by atoms with Crippen LogP contribution in [0, 0.1) is 5.92 Å². The number of carbonyl (C=O) groups is 1. The van der Waals surface area contributed by atoms with Crippen LogP contribution in [0.4, 0.5) is 0 Å². The van der Waals surface area contributed by atoms with Gasteiger partial charge in [-0.25, -0.2) is 0 Å². The summed E-state index contributed by atoms with van der Waals surface area (Å²) in [4.78, 5) is 11.6. The molecule has 2 aliphatic rings. The molecule has 0 radical (unpaired) electrons. The minimum atomic E-state index is -0.167. The molecule has 3 rings (SSSR count). The van der Waals surface area contributed by atoms with Gasteiger partial charge in [0.1, 0.15) is 11.5 Å². The molecule has 0 aromatic heterocycles. The third-order valence-electron chi connectivity index (χ3n) is 3.87. The molecule has 1 N–H and O–H groups in total. The van der Waals surface area contributed by atoms with Crippen LogP contribution in [0.2, 0.25) is 0 Å². The molecule has 2 atom stereocenters. The average molecular weight is 234 g/mol. The first kappa shape index (κ1) is 10.4. The number of ether oxygens (including phenoxy) is 2. The van der Waals surface area contributed by atoms with Crippen LogP contribution in [0.3, 0.4) is 0 Å². The van der Waals surface area contributed by atoms with Gasteiger partial charge in [0.05, 0.1) is 19.6 Å². The number of benzene rings is 1. The summed E-state index contributed by atoms with van der Waals surface area (Å²) in [6, 6.07) is 5.07. The van der Waals surface area contributed by atoms with E-state index in [4.69, 9.17) is 9.47 Å². The van der Waals surface area contributed by atoms with Crippen molar-refractivity contribution in [3.05, 3.63) is 23.8 Å². The zero-order valence-electron chi connectivity index (χ0n) is 9.60. The second-order valence-corrected chi connectivity index (χ2v) is 4.71. The highest BCUT2D eigenvalue weighted by Gasteiger charge is 2.61. The van der Waals surface area contributed by atoms with E-state index in [-0.39, 0.29) is 23.1 Å². The zero-order chi connectivity index (χ0) is 12.0. The summed E-state index contributed by atoms with van der Waals surface area (Å²) in [6.45, 7) is 0.616. The average Bonchev–Trinajstić information content (AvgIpc) is 3.05. The van der Waals surface area contributed by atoms with Crippen molar-refractivity contribution >= 4 is 5.97 Å². The van der Waals surface area contributed by atoms with Crippen molar-refractivity contribution in [2.24, 2.45) is 5.92 Å². The van der Waals surface area contributed by atoms with E-state index in [1.165, 1.54) is 7.11 Å². The van der Waals surface area contributed by atoms with E-state index >= 15 is 0 Å². The third kappa shape index (κ3) is 1.40. The maximum absolute atomic E-state index is 11.6. The van der Waals surface area contributed by atoms with E-state index < -0.39 is 0 Å². The molecular formula is C13H14O4. The fraction of sp³-hybridized carbons (Fsp3) is 0.462. The molecule has 2 unspecified atom stereocenters. The van der Waals surface area contributed by atoms with Crippen LogP contribution < -0.4 is 4.74 Å². The number of rotatable bonds is 1. The number of hydrogen-bond acceptors (Lipinski definition) is 4. The molecule has 1 spiro atoms. The van der Waals surface area contributed by atoms with Gasteiger partial charge in [-0.2, -0.15) is 0 Å². The lowest BCUT2D eigenvalue weighted by atomic mass is 9.87.